The zero-order valence-corrected chi connectivity index (χ0v) is 11.6. The lowest BCUT2D eigenvalue weighted by molar-refractivity contribution is 0.585. The van der Waals surface area contributed by atoms with Crippen LogP contribution in [0.15, 0.2) is 24.7 Å². The van der Waals surface area contributed by atoms with Crippen LogP contribution in [-0.2, 0) is 6.54 Å². The summed E-state index contributed by atoms with van der Waals surface area (Å²) in [5.74, 6) is 0. The third-order valence-corrected chi connectivity index (χ3v) is 2.79. The number of pyridine rings is 1. The normalized spacial score (nSPS) is 11.2. The predicted molar refractivity (Wildman–Crippen MR) is 73.1 cm³/mol. The molecule has 5 heteroatoms. The molecule has 0 spiro atoms. The second kappa shape index (κ2) is 5.50. The Labute approximate surface area is 112 Å². The van der Waals surface area contributed by atoms with Crippen molar-refractivity contribution in [3.05, 3.63) is 40.9 Å². The molecule has 0 radical (unpaired) electrons. The van der Waals surface area contributed by atoms with E-state index < -0.39 is 0 Å². The Bertz CT molecular complexity index is 534. The molecular formula is C13H17ClN4. The highest BCUT2D eigenvalue weighted by Gasteiger charge is 2.08. The third kappa shape index (κ3) is 3.09. The molecule has 0 unspecified atom stereocenters. The molecule has 96 valence electrons. The smallest absolute Gasteiger partial charge is 0.0790 e. The highest BCUT2D eigenvalue weighted by atomic mass is 35.5. The molecule has 1 N–H and O–H groups in total. The largest absolute Gasteiger partial charge is 0.310 e. The van der Waals surface area contributed by atoms with Gasteiger partial charge in [0.05, 0.1) is 16.9 Å². The molecule has 4 nitrogen and oxygen atoms in total. The number of hydrogen-bond donors (Lipinski definition) is 1. The zero-order valence-electron chi connectivity index (χ0n) is 10.8. The van der Waals surface area contributed by atoms with E-state index in [1.54, 1.807) is 17.1 Å². The molecule has 0 fully saturated rings. The predicted octanol–water partition coefficient (Wildman–Crippen LogP) is 2.73. The van der Waals surface area contributed by atoms with E-state index in [2.05, 4.69) is 29.2 Å². The van der Waals surface area contributed by atoms with Gasteiger partial charge in [0.15, 0.2) is 0 Å². The molecule has 2 heterocycles. The van der Waals surface area contributed by atoms with E-state index >= 15 is 0 Å². The van der Waals surface area contributed by atoms with Crippen molar-refractivity contribution in [2.24, 2.45) is 0 Å². The maximum Gasteiger partial charge on any atom is 0.0790 e. The Balaban J connectivity index is 2.34. The molecule has 0 atom stereocenters. The molecular weight excluding hydrogens is 248 g/mol. The van der Waals surface area contributed by atoms with E-state index in [0.29, 0.717) is 11.1 Å². The summed E-state index contributed by atoms with van der Waals surface area (Å²) in [5, 5.41) is 8.26. The lowest BCUT2D eigenvalue weighted by atomic mass is 10.2. The van der Waals surface area contributed by atoms with Crippen LogP contribution in [0.5, 0.6) is 0 Å². The molecule has 2 aromatic rings. The van der Waals surface area contributed by atoms with Crippen molar-refractivity contribution in [2.75, 3.05) is 0 Å². The van der Waals surface area contributed by atoms with Gasteiger partial charge in [0, 0.05) is 36.2 Å². The Morgan fingerprint density at radius 2 is 2.17 bits per heavy atom. The van der Waals surface area contributed by atoms with Crippen LogP contribution < -0.4 is 5.32 Å². The van der Waals surface area contributed by atoms with Crippen molar-refractivity contribution in [1.82, 2.24) is 20.1 Å². The van der Waals surface area contributed by atoms with Gasteiger partial charge in [-0.2, -0.15) is 5.10 Å². The Morgan fingerprint density at radius 3 is 2.78 bits per heavy atom. The quantitative estimate of drug-likeness (QED) is 0.923. The fourth-order valence-corrected chi connectivity index (χ4v) is 1.81. The van der Waals surface area contributed by atoms with Gasteiger partial charge in [-0.25, -0.2) is 4.68 Å². The van der Waals surface area contributed by atoms with Gasteiger partial charge in [-0.3, -0.25) is 4.98 Å². The Kier molecular flexibility index (Phi) is 3.99. The lowest BCUT2D eigenvalue weighted by Gasteiger charge is -2.12. The number of nitrogens with zero attached hydrogens (tertiary/aromatic N) is 3. The van der Waals surface area contributed by atoms with E-state index in [0.717, 1.165) is 23.5 Å². The van der Waals surface area contributed by atoms with Crippen molar-refractivity contribution in [3.8, 4) is 5.69 Å². The van der Waals surface area contributed by atoms with E-state index in [9.17, 15) is 0 Å². The lowest BCUT2D eigenvalue weighted by Crippen LogP contribution is -2.23. The van der Waals surface area contributed by atoms with Crippen LogP contribution in [0.25, 0.3) is 5.69 Å². The number of halogens is 1. The van der Waals surface area contributed by atoms with E-state index in [4.69, 9.17) is 11.6 Å². The van der Waals surface area contributed by atoms with Gasteiger partial charge in [-0.15, -0.1) is 0 Å². The first-order valence-corrected chi connectivity index (χ1v) is 6.33. The van der Waals surface area contributed by atoms with Crippen molar-refractivity contribution in [1.29, 1.82) is 0 Å². The van der Waals surface area contributed by atoms with Gasteiger partial charge in [0.1, 0.15) is 0 Å². The minimum Gasteiger partial charge on any atom is -0.310 e. The summed E-state index contributed by atoms with van der Waals surface area (Å²) in [4.78, 5) is 4.34. The second-order valence-corrected chi connectivity index (χ2v) is 5.03. The molecule has 0 saturated heterocycles. The van der Waals surface area contributed by atoms with Crippen LogP contribution in [0.3, 0.4) is 0 Å². The molecule has 0 amide bonds. The van der Waals surface area contributed by atoms with Crippen molar-refractivity contribution >= 4 is 11.6 Å². The molecule has 0 saturated carbocycles. The molecule has 0 aliphatic rings. The average Bonchev–Trinajstić information content (AvgIpc) is 2.74. The molecule has 0 bridgehead atoms. The maximum absolute atomic E-state index is 5.92. The highest BCUT2D eigenvalue weighted by Crippen LogP contribution is 2.17. The fourth-order valence-electron chi connectivity index (χ4n) is 1.67. The van der Waals surface area contributed by atoms with Gasteiger partial charge in [0.2, 0.25) is 0 Å². The topological polar surface area (TPSA) is 42.7 Å². The van der Waals surface area contributed by atoms with Gasteiger partial charge in [-0.1, -0.05) is 25.4 Å². The molecule has 18 heavy (non-hydrogen) atoms. The molecule has 0 aliphatic heterocycles. The van der Waals surface area contributed by atoms with Crippen LogP contribution >= 0.6 is 11.6 Å². The second-order valence-electron chi connectivity index (χ2n) is 4.59. The fraction of sp³-hybridized carbons (Fsp3) is 0.385. The number of rotatable bonds is 4. The molecule has 2 aromatic heterocycles. The number of aromatic nitrogens is 3. The summed E-state index contributed by atoms with van der Waals surface area (Å²) in [6, 6.07) is 2.45. The van der Waals surface area contributed by atoms with Crippen molar-refractivity contribution in [3.63, 3.8) is 0 Å². The number of hydrogen-bond acceptors (Lipinski definition) is 3. The van der Waals surface area contributed by atoms with Crippen LogP contribution in [0.2, 0.25) is 5.02 Å². The first-order chi connectivity index (χ1) is 8.56. The molecule has 0 aliphatic carbocycles. The summed E-state index contributed by atoms with van der Waals surface area (Å²) >= 11 is 5.92. The molecule has 2 rings (SSSR count). The van der Waals surface area contributed by atoms with Crippen LogP contribution in [0, 0.1) is 6.92 Å². The SMILES string of the molecule is Cc1cc(-n2cc(Cl)cn2)c(CNC(C)C)cn1. The van der Waals surface area contributed by atoms with E-state index in [1.165, 1.54) is 0 Å². The van der Waals surface area contributed by atoms with Crippen LogP contribution in [0.1, 0.15) is 25.1 Å². The maximum atomic E-state index is 5.92. The highest BCUT2D eigenvalue weighted by molar-refractivity contribution is 6.30. The number of nitrogens with one attached hydrogen (secondary N) is 1. The minimum absolute atomic E-state index is 0.431. The van der Waals surface area contributed by atoms with Gasteiger partial charge in [-0.05, 0) is 13.0 Å². The van der Waals surface area contributed by atoms with Crippen LogP contribution in [-0.4, -0.2) is 20.8 Å². The first kappa shape index (κ1) is 13.1. The summed E-state index contributed by atoms with van der Waals surface area (Å²) in [6.07, 6.45) is 5.32. The zero-order chi connectivity index (χ0) is 13.1. The molecule has 0 aromatic carbocycles. The summed E-state index contributed by atoms with van der Waals surface area (Å²) in [5.41, 5.74) is 3.08. The monoisotopic (exact) mass is 264 g/mol. The third-order valence-electron chi connectivity index (χ3n) is 2.60. The Morgan fingerprint density at radius 1 is 1.39 bits per heavy atom. The van der Waals surface area contributed by atoms with E-state index in [1.807, 2.05) is 19.2 Å². The first-order valence-electron chi connectivity index (χ1n) is 5.95. The number of aryl methyl sites for hydroxylation is 1. The standard InChI is InChI=1S/C13H17ClN4/c1-9(2)15-5-11-6-16-10(3)4-13(11)18-8-12(14)7-17-18/h4,6-9,15H,5H2,1-3H3. The summed E-state index contributed by atoms with van der Waals surface area (Å²) < 4.78 is 1.79. The summed E-state index contributed by atoms with van der Waals surface area (Å²) in [6.45, 7) is 6.96. The summed E-state index contributed by atoms with van der Waals surface area (Å²) in [7, 11) is 0. The van der Waals surface area contributed by atoms with Crippen LogP contribution in [0.4, 0.5) is 0 Å². The van der Waals surface area contributed by atoms with Gasteiger partial charge >= 0.3 is 0 Å². The van der Waals surface area contributed by atoms with Gasteiger partial charge < -0.3 is 5.32 Å². The minimum atomic E-state index is 0.431. The van der Waals surface area contributed by atoms with Crippen molar-refractivity contribution < 1.29 is 0 Å². The van der Waals surface area contributed by atoms with Crippen molar-refractivity contribution in [2.45, 2.75) is 33.4 Å². The van der Waals surface area contributed by atoms with E-state index in [-0.39, 0.29) is 0 Å². The van der Waals surface area contributed by atoms with Gasteiger partial charge in [0.25, 0.3) is 0 Å². The average molecular weight is 265 g/mol. The Hall–Kier alpha value is -1.39.